The van der Waals surface area contributed by atoms with Gasteiger partial charge >= 0.3 is 0 Å². The van der Waals surface area contributed by atoms with E-state index in [1.807, 2.05) is 11.4 Å². The standard InChI is InChI=1S/C11H10Cl2N2OS/c1-16-10-7(4-8(12)5-9(10)13)6-15-11-14-2-3-17-11/h2-5H,6H2,1H3,(H,14,15). The zero-order valence-electron chi connectivity index (χ0n) is 9.04. The Bertz CT molecular complexity index is 502. The van der Waals surface area contributed by atoms with E-state index in [0.717, 1.165) is 10.7 Å². The molecule has 0 radical (unpaired) electrons. The van der Waals surface area contributed by atoms with E-state index in [4.69, 9.17) is 27.9 Å². The molecule has 90 valence electrons. The minimum Gasteiger partial charge on any atom is -0.495 e. The number of aromatic nitrogens is 1. The number of anilines is 1. The van der Waals surface area contributed by atoms with Crippen molar-refractivity contribution in [3.8, 4) is 5.75 Å². The van der Waals surface area contributed by atoms with E-state index in [1.165, 1.54) is 11.3 Å². The van der Waals surface area contributed by atoms with Crippen LogP contribution in [-0.4, -0.2) is 12.1 Å². The van der Waals surface area contributed by atoms with Crippen LogP contribution in [0, 0.1) is 0 Å². The molecule has 0 aliphatic rings. The lowest BCUT2D eigenvalue weighted by Gasteiger charge is -2.11. The minimum atomic E-state index is 0.510. The average Bonchev–Trinajstić information content (AvgIpc) is 2.78. The van der Waals surface area contributed by atoms with Crippen LogP contribution in [0.4, 0.5) is 5.13 Å². The van der Waals surface area contributed by atoms with Gasteiger partial charge in [-0.25, -0.2) is 4.98 Å². The van der Waals surface area contributed by atoms with Crippen LogP contribution in [0.3, 0.4) is 0 Å². The Morgan fingerprint density at radius 1 is 1.41 bits per heavy atom. The molecule has 0 amide bonds. The molecule has 17 heavy (non-hydrogen) atoms. The van der Waals surface area contributed by atoms with E-state index in [9.17, 15) is 0 Å². The molecule has 0 saturated carbocycles. The maximum absolute atomic E-state index is 6.05. The summed E-state index contributed by atoms with van der Waals surface area (Å²) in [7, 11) is 1.59. The lowest BCUT2D eigenvalue weighted by molar-refractivity contribution is 0.410. The van der Waals surface area contributed by atoms with E-state index >= 15 is 0 Å². The number of thiazole rings is 1. The molecule has 0 atom stereocenters. The lowest BCUT2D eigenvalue weighted by Crippen LogP contribution is -2.01. The Morgan fingerprint density at radius 2 is 2.24 bits per heavy atom. The van der Waals surface area contributed by atoms with E-state index in [1.54, 1.807) is 19.4 Å². The number of methoxy groups -OCH3 is 1. The molecular weight excluding hydrogens is 279 g/mol. The summed E-state index contributed by atoms with van der Waals surface area (Å²) in [5, 5.41) is 7.04. The smallest absolute Gasteiger partial charge is 0.182 e. The summed E-state index contributed by atoms with van der Waals surface area (Å²) in [6.07, 6.45) is 1.75. The third-order valence-corrected chi connectivity index (χ3v) is 3.38. The van der Waals surface area contributed by atoms with Crippen molar-refractivity contribution in [2.24, 2.45) is 0 Å². The van der Waals surface area contributed by atoms with Crippen molar-refractivity contribution in [1.82, 2.24) is 4.98 Å². The highest BCUT2D eigenvalue weighted by Crippen LogP contribution is 2.32. The highest BCUT2D eigenvalue weighted by molar-refractivity contribution is 7.13. The van der Waals surface area contributed by atoms with Crippen molar-refractivity contribution in [2.45, 2.75) is 6.54 Å². The van der Waals surface area contributed by atoms with Crippen molar-refractivity contribution in [3.63, 3.8) is 0 Å². The molecule has 2 rings (SSSR count). The molecule has 6 heteroatoms. The first-order chi connectivity index (χ1) is 8.20. The molecule has 0 aliphatic carbocycles. The second-order valence-electron chi connectivity index (χ2n) is 3.27. The van der Waals surface area contributed by atoms with Crippen LogP contribution in [0.2, 0.25) is 10.0 Å². The van der Waals surface area contributed by atoms with Crippen molar-refractivity contribution >= 4 is 39.7 Å². The zero-order chi connectivity index (χ0) is 12.3. The fraction of sp³-hybridized carbons (Fsp3) is 0.182. The van der Waals surface area contributed by atoms with Gasteiger partial charge < -0.3 is 10.1 Å². The van der Waals surface area contributed by atoms with Crippen molar-refractivity contribution < 1.29 is 4.74 Å². The molecule has 0 fully saturated rings. The Kier molecular flexibility index (Phi) is 4.10. The highest BCUT2D eigenvalue weighted by atomic mass is 35.5. The number of hydrogen-bond acceptors (Lipinski definition) is 4. The predicted molar refractivity (Wildman–Crippen MR) is 72.5 cm³/mol. The summed E-state index contributed by atoms with van der Waals surface area (Å²) in [5.74, 6) is 0.639. The van der Waals surface area contributed by atoms with Crippen LogP contribution in [-0.2, 0) is 6.54 Å². The first-order valence-corrected chi connectivity index (χ1v) is 6.49. The topological polar surface area (TPSA) is 34.1 Å². The lowest BCUT2D eigenvalue weighted by atomic mass is 10.2. The molecule has 1 aromatic carbocycles. The van der Waals surface area contributed by atoms with Crippen LogP contribution in [0.15, 0.2) is 23.7 Å². The monoisotopic (exact) mass is 288 g/mol. The normalized spacial score (nSPS) is 10.3. The molecular formula is C11H10Cl2N2OS. The fourth-order valence-corrected chi connectivity index (χ4v) is 2.60. The summed E-state index contributed by atoms with van der Waals surface area (Å²) in [4.78, 5) is 4.13. The van der Waals surface area contributed by atoms with Crippen molar-refractivity contribution in [3.05, 3.63) is 39.3 Å². The van der Waals surface area contributed by atoms with Gasteiger partial charge in [0.1, 0.15) is 5.75 Å². The maximum Gasteiger partial charge on any atom is 0.182 e. The van der Waals surface area contributed by atoms with E-state index in [2.05, 4.69) is 10.3 Å². The third kappa shape index (κ3) is 3.03. The third-order valence-electron chi connectivity index (χ3n) is 2.15. The van der Waals surface area contributed by atoms with Crippen LogP contribution >= 0.6 is 34.5 Å². The van der Waals surface area contributed by atoms with Crippen molar-refractivity contribution in [2.75, 3.05) is 12.4 Å². The summed E-state index contributed by atoms with van der Waals surface area (Å²) in [6, 6.07) is 3.49. The quantitative estimate of drug-likeness (QED) is 0.921. The first kappa shape index (κ1) is 12.5. The number of nitrogens with one attached hydrogen (secondary N) is 1. The number of ether oxygens (including phenoxy) is 1. The van der Waals surface area contributed by atoms with E-state index < -0.39 is 0 Å². The SMILES string of the molecule is COc1c(Cl)cc(Cl)cc1CNc1nccs1. The Hall–Kier alpha value is -0.970. The highest BCUT2D eigenvalue weighted by Gasteiger charge is 2.09. The Balaban J connectivity index is 2.19. The average molecular weight is 289 g/mol. The molecule has 1 heterocycles. The number of hydrogen-bond donors (Lipinski definition) is 1. The second-order valence-corrected chi connectivity index (χ2v) is 5.01. The van der Waals surface area contributed by atoms with Crippen LogP contribution in [0.1, 0.15) is 5.56 Å². The van der Waals surface area contributed by atoms with Gasteiger partial charge in [-0.15, -0.1) is 11.3 Å². The van der Waals surface area contributed by atoms with Gasteiger partial charge in [0, 0.05) is 28.7 Å². The first-order valence-electron chi connectivity index (χ1n) is 4.86. The summed E-state index contributed by atoms with van der Waals surface area (Å²) in [6.45, 7) is 0.566. The van der Waals surface area contributed by atoms with Gasteiger partial charge in [-0.05, 0) is 12.1 Å². The van der Waals surface area contributed by atoms with Gasteiger partial charge in [-0.1, -0.05) is 23.2 Å². The van der Waals surface area contributed by atoms with Crippen LogP contribution in [0.5, 0.6) is 5.75 Å². The van der Waals surface area contributed by atoms with E-state index in [-0.39, 0.29) is 0 Å². The van der Waals surface area contributed by atoms with Gasteiger partial charge in [0.2, 0.25) is 0 Å². The largest absolute Gasteiger partial charge is 0.495 e. The van der Waals surface area contributed by atoms with Gasteiger partial charge in [-0.3, -0.25) is 0 Å². The van der Waals surface area contributed by atoms with Gasteiger partial charge in [0.05, 0.1) is 12.1 Å². The van der Waals surface area contributed by atoms with Gasteiger partial charge in [-0.2, -0.15) is 0 Å². The Morgan fingerprint density at radius 3 is 2.88 bits per heavy atom. The molecule has 0 spiro atoms. The predicted octanol–water partition coefficient (Wildman–Crippen LogP) is 4.07. The fourth-order valence-electron chi connectivity index (χ4n) is 1.46. The number of rotatable bonds is 4. The van der Waals surface area contributed by atoms with Gasteiger partial charge in [0.15, 0.2) is 5.13 Å². The molecule has 2 aromatic rings. The summed E-state index contributed by atoms with van der Waals surface area (Å²) in [5.41, 5.74) is 0.903. The molecule has 0 unspecified atom stereocenters. The minimum absolute atomic E-state index is 0.510. The second kappa shape index (κ2) is 5.58. The number of nitrogens with zero attached hydrogens (tertiary/aromatic N) is 1. The Labute approximate surface area is 113 Å². The van der Waals surface area contributed by atoms with Crippen molar-refractivity contribution in [1.29, 1.82) is 0 Å². The maximum atomic E-state index is 6.05. The zero-order valence-corrected chi connectivity index (χ0v) is 11.4. The molecule has 3 nitrogen and oxygen atoms in total. The number of halogens is 2. The molecule has 0 aliphatic heterocycles. The van der Waals surface area contributed by atoms with Gasteiger partial charge in [0.25, 0.3) is 0 Å². The molecule has 0 saturated heterocycles. The van der Waals surface area contributed by atoms with Crippen LogP contribution < -0.4 is 10.1 Å². The van der Waals surface area contributed by atoms with E-state index in [0.29, 0.717) is 22.3 Å². The molecule has 1 N–H and O–H groups in total. The summed E-state index contributed by atoms with van der Waals surface area (Å²) >= 11 is 13.5. The molecule has 1 aromatic heterocycles. The molecule has 0 bridgehead atoms. The summed E-state index contributed by atoms with van der Waals surface area (Å²) < 4.78 is 5.25. The number of benzene rings is 1. The van der Waals surface area contributed by atoms with Crippen LogP contribution in [0.25, 0.3) is 0 Å².